The van der Waals surface area contributed by atoms with E-state index in [-0.39, 0.29) is 16.5 Å². The van der Waals surface area contributed by atoms with Gasteiger partial charge in [0, 0.05) is 0 Å². The van der Waals surface area contributed by atoms with Gasteiger partial charge in [0.2, 0.25) is 5.43 Å². The minimum absolute atomic E-state index is 0.0420. The predicted octanol–water partition coefficient (Wildman–Crippen LogP) is 1.39. The van der Waals surface area contributed by atoms with Crippen LogP contribution in [0.5, 0.6) is 0 Å². The number of aryl methyl sites for hydroxylation is 2. The van der Waals surface area contributed by atoms with Gasteiger partial charge in [0.25, 0.3) is 5.56 Å². The zero-order valence-electron chi connectivity index (χ0n) is 11.7. The summed E-state index contributed by atoms with van der Waals surface area (Å²) in [6, 6.07) is 0. The Morgan fingerprint density at radius 1 is 0.800 bits per heavy atom. The van der Waals surface area contributed by atoms with Crippen molar-refractivity contribution in [1.29, 1.82) is 0 Å². The average molecular weight is 270 g/mol. The van der Waals surface area contributed by atoms with Gasteiger partial charge in [0.05, 0.1) is 10.9 Å². The van der Waals surface area contributed by atoms with Crippen molar-refractivity contribution in [3.05, 3.63) is 42.8 Å². The molecule has 0 bridgehead atoms. The summed E-state index contributed by atoms with van der Waals surface area (Å²) >= 11 is 0. The molecule has 0 aliphatic heterocycles. The second-order valence-corrected chi connectivity index (χ2v) is 5.05. The van der Waals surface area contributed by atoms with E-state index < -0.39 is 5.56 Å². The molecule has 3 rings (SSSR count). The van der Waals surface area contributed by atoms with Crippen LogP contribution in [0.25, 0.3) is 21.9 Å². The van der Waals surface area contributed by atoms with E-state index in [1.54, 1.807) is 0 Å². The summed E-state index contributed by atoms with van der Waals surface area (Å²) in [5, 5.41) is 10.4. The quantitative estimate of drug-likeness (QED) is 0.645. The van der Waals surface area contributed by atoms with Crippen LogP contribution in [-0.2, 0) is 0 Å². The van der Waals surface area contributed by atoms with E-state index in [1.807, 2.05) is 27.7 Å². The van der Waals surface area contributed by atoms with E-state index in [2.05, 4.69) is 20.4 Å². The largest absolute Gasteiger partial charge is 0.320 e. The number of nitrogens with one attached hydrogen (secondary N) is 2. The van der Waals surface area contributed by atoms with Crippen molar-refractivity contribution in [2.75, 3.05) is 0 Å². The monoisotopic (exact) mass is 270 g/mol. The van der Waals surface area contributed by atoms with Crippen molar-refractivity contribution in [3.8, 4) is 0 Å². The van der Waals surface area contributed by atoms with Crippen LogP contribution in [-0.4, -0.2) is 20.4 Å². The minimum atomic E-state index is -0.411. The third-order valence-corrected chi connectivity index (χ3v) is 4.13. The number of aromatic amines is 2. The highest BCUT2D eigenvalue weighted by Gasteiger charge is 2.16. The summed E-state index contributed by atoms with van der Waals surface area (Å²) in [4.78, 5) is 27.6. The van der Waals surface area contributed by atoms with Gasteiger partial charge < -0.3 is 4.98 Å². The van der Waals surface area contributed by atoms with Crippen LogP contribution >= 0.6 is 0 Å². The third kappa shape index (κ3) is 1.44. The molecule has 0 radical (unpaired) electrons. The van der Waals surface area contributed by atoms with Gasteiger partial charge >= 0.3 is 0 Å². The van der Waals surface area contributed by atoms with Crippen molar-refractivity contribution in [3.63, 3.8) is 0 Å². The number of hydrogen-bond donors (Lipinski definition) is 2. The normalized spacial score (nSPS) is 11.4. The Labute approximate surface area is 113 Å². The molecule has 0 fully saturated rings. The number of nitrogens with zero attached hydrogens (tertiary/aromatic N) is 2. The molecular weight excluding hydrogens is 256 g/mol. The highest BCUT2D eigenvalue weighted by atomic mass is 16.1. The molecule has 6 heteroatoms. The number of H-pyrrole nitrogens is 2. The first-order valence-electron chi connectivity index (χ1n) is 6.30. The van der Waals surface area contributed by atoms with E-state index in [0.717, 1.165) is 22.3 Å². The second kappa shape index (κ2) is 4.00. The average Bonchev–Trinajstić information content (AvgIpc) is 2.88. The van der Waals surface area contributed by atoms with Gasteiger partial charge in [0.1, 0.15) is 0 Å². The van der Waals surface area contributed by atoms with Gasteiger partial charge in [-0.25, -0.2) is 0 Å². The summed E-state index contributed by atoms with van der Waals surface area (Å²) in [5.41, 5.74) is 3.90. The summed E-state index contributed by atoms with van der Waals surface area (Å²) < 4.78 is 0. The van der Waals surface area contributed by atoms with Crippen LogP contribution in [0.4, 0.5) is 0 Å². The summed E-state index contributed by atoms with van der Waals surface area (Å²) in [7, 11) is 0. The smallest absolute Gasteiger partial charge is 0.278 e. The predicted molar refractivity (Wildman–Crippen MR) is 77.2 cm³/mol. The SMILES string of the molecule is Cc1c(C)c(C)c2c(=O)c3n[nH]nc3c(=O)[nH]c2c1C. The Balaban J connectivity index is 2.83. The van der Waals surface area contributed by atoms with E-state index in [4.69, 9.17) is 0 Å². The Morgan fingerprint density at radius 3 is 2.10 bits per heavy atom. The molecule has 0 amide bonds. The molecule has 20 heavy (non-hydrogen) atoms. The lowest BCUT2D eigenvalue weighted by Gasteiger charge is -2.11. The van der Waals surface area contributed by atoms with E-state index in [0.29, 0.717) is 10.9 Å². The molecular formula is C14H14N4O2. The molecule has 1 aromatic carbocycles. The van der Waals surface area contributed by atoms with Crippen molar-refractivity contribution >= 4 is 21.9 Å². The molecule has 2 N–H and O–H groups in total. The van der Waals surface area contributed by atoms with E-state index >= 15 is 0 Å². The Hall–Kier alpha value is -2.50. The number of fused-ring (bicyclic) bond motifs is 2. The van der Waals surface area contributed by atoms with Crippen LogP contribution < -0.4 is 11.0 Å². The molecule has 2 aromatic heterocycles. The van der Waals surface area contributed by atoms with Crippen molar-refractivity contribution in [2.45, 2.75) is 27.7 Å². The van der Waals surface area contributed by atoms with Gasteiger partial charge in [-0.1, -0.05) is 0 Å². The Kier molecular flexibility index (Phi) is 2.50. The standard InChI is InChI=1S/C14H14N4O2/c1-5-6(2)8(4)10-9(7(5)3)13(19)11-12(14(20)15-10)17-18-16-11/h1-4H3,(H,15,20)(H,16,17,18). The molecule has 0 saturated carbocycles. The first kappa shape index (κ1) is 12.5. The van der Waals surface area contributed by atoms with E-state index in [9.17, 15) is 9.59 Å². The molecule has 0 aliphatic carbocycles. The van der Waals surface area contributed by atoms with Gasteiger partial charge in [-0.15, -0.1) is 0 Å². The fourth-order valence-corrected chi connectivity index (χ4v) is 2.59. The highest BCUT2D eigenvalue weighted by molar-refractivity contribution is 5.92. The Bertz CT molecular complexity index is 983. The van der Waals surface area contributed by atoms with Crippen molar-refractivity contribution < 1.29 is 0 Å². The first-order chi connectivity index (χ1) is 9.43. The van der Waals surface area contributed by atoms with Crippen LogP contribution in [0.3, 0.4) is 0 Å². The number of rotatable bonds is 0. The van der Waals surface area contributed by atoms with Crippen LogP contribution in [0.15, 0.2) is 9.59 Å². The number of benzene rings is 1. The molecule has 0 saturated heterocycles. The summed E-state index contributed by atoms with van der Waals surface area (Å²) in [5.74, 6) is 0. The fraction of sp³-hybridized carbons (Fsp3) is 0.286. The maximum Gasteiger partial charge on any atom is 0.278 e. The van der Waals surface area contributed by atoms with Gasteiger partial charge in [-0.2, -0.15) is 15.4 Å². The molecule has 2 heterocycles. The maximum absolute atomic E-state index is 12.7. The molecule has 0 unspecified atom stereocenters. The maximum atomic E-state index is 12.7. The lowest BCUT2D eigenvalue weighted by molar-refractivity contribution is 0.955. The molecule has 6 nitrogen and oxygen atoms in total. The van der Waals surface area contributed by atoms with Crippen molar-refractivity contribution in [2.24, 2.45) is 0 Å². The summed E-state index contributed by atoms with van der Waals surface area (Å²) in [6.07, 6.45) is 0. The van der Waals surface area contributed by atoms with Gasteiger partial charge in [0.15, 0.2) is 11.0 Å². The van der Waals surface area contributed by atoms with Crippen LogP contribution in [0.1, 0.15) is 22.3 Å². The topological polar surface area (TPSA) is 91.5 Å². The van der Waals surface area contributed by atoms with Crippen LogP contribution in [0, 0.1) is 27.7 Å². The molecule has 0 spiro atoms. The number of aromatic nitrogens is 4. The molecule has 0 atom stereocenters. The third-order valence-electron chi connectivity index (χ3n) is 4.13. The van der Waals surface area contributed by atoms with Crippen LogP contribution in [0.2, 0.25) is 0 Å². The molecule has 0 aliphatic rings. The molecule has 102 valence electrons. The Morgan fingerprint density at radius 2 is 1.40 bits per heavy atom. The van der Waals surface area contributed by atoms with Gasteiger partial charge in [-0.05, 0) is 49.9 Å². The zero-order chi connectivity index (χ0) is 14.6. The second-order valence-electron chi connectivity index (χ2n) is 5.05. The van der Waals surface area contributed by atoms with Gasteiger partial charge in [-0.3, -0.25) is 9.59 Å². The number of hydrogen-bond acceptors (Lipinski definition) is 4. The lowest BCUT2D eigenvalue weighted by Crippen LogP contribution is -2.05. The zero-order valence-corrected chi connectivity index (χ0v) is 11.7. The highest BCUT2D eigenvalue weighted by Crippen LogP contribution is 2.25. The van der Waals surface area contributed by atoms with E-state index in [1.165, 1.54) is 0 Å². The molecule has 3 aromatic rings. The van der Waals surface area contributed by atoms with Crippen molar-refractivity contribution in [1.82, 2.24) is 20.4 Å². The minimum Gasteiger partial charge on any atom is -0.320 e. The lowest BCUT2D eigenvalue weighted by atomic mass is 9.95. The fourth-order valence-electron chi connectivity index (χ4n) is 2.59. The first-order valence-corrected chi connectivity index (χ1v) is 6.30. The summed E-state index contributed by atoms with van der Waals surface area (Å²) in [6.45, 7) is 7.74.